The van der Waals surface area contributed by atoms with Crippen molar-refractivity contribution in [3.05, 3.63) is 40.9 Å². The molecule has 1 aromatic carbocycles. The molecular weight excluding hydrogens is 292 g/mol. The van der Waals surface area contributed by atoms with Crippen LogP contribution in [0.25, 0.3) is 10.6 Å². The van der Waals surface area contributed by atoms with Gasteiger partial charge in [-0.3, -0.25) is 4.90 Å². The number of aromatic nitrogens is 1. The van der Waals surface area contributed by atoms with E-state index in [0.29, 0.717) is 6.61 Å². The van der Waals surface area contributed by atoms with Gasteiger partial charge >= 0.3 is 0 Å². The second kappa shape index (κ2) is 7.36. The van der Waals surface area contributed by atoms with Crippen LogP contribution in [-0.4, -0.2) is 34.2 Å². The minimum absolute atomic E-state index is 0.298. The standard InChI is InChI=1S/C18H24N2OS/c1-14-4-6-15(7-5-14)18-19-16(13-22-18)12-20(17-8-9-17)10-2-3-11-21/h4-7,13,17,21H,2-3,8-12H2,1H3. The van der Waals surface area contributed by atoms with Crippen molar-refractivity contribution in [2.45, 2.75) is 45.2 Å². The van der Waals surface area contributed by atoms with Crippen LogP contribution in [0.4, 0.5) is 0 Å². The molecule has 0 spiro atoms. The minimum atomic E-state index is 0.298. The Kier molecular flexibility index (Phi) is 5.24. The lowest BCUT2D eigenvalue weighted by Gasteiger charge is -2.20. The van der Waals surface area contributed by atoms with Crippen LogP contribution in [-0.2, 0) is 6.54 Å². The normalized spacial score (nSPS) is 14.7. The molecule has 3 rings (SSSR count). The van der Waals surface area contributed by atoms with E-state index in [4.69, 9.17) is 10.1 Å². The summed E-state index contributed by atoms with van der Waals surface area (Å²) in [5.74, 6) is 0. The largest absolute Gasteiger partial charge is 0.396 e. The Labute approximate surface area is 136 Å². The summed E-state index contributed by atoms with van der Waals surface area (Å²) < 4.78 is 0. The van der Waals surface area contributed by atoms with Crippen LogP contribution < -0.4 is 0 Å². The van der Waals surface area contributed by atoms with Gasteiger partial charge in [0.05, 0.1) is 5.69 Å². The number of aryl methyl sites for hydroxylation is 1. The van der Waals surface area contributed by atoms with Crippen LogP contribution in [0.5, 0.6) is 0 Å². The number of nitrogens with zero attached hydrogens (tertiary/aromatic N) is 2. The predicted molar refractivity (Wildman–Crippen MR) is 92.0 cm³/mol. The molecule has 1 aliphatic rings. The Hall–Kier alpha value is -1.23. The van der Waals surface area contributed by atoms with Crippen LogP contribution >= 0.6 is 11.3 Å². The third-order valence-electron chi connectivity index (χ3n) is 4.13. The van der Waals surface area contributed by atoms with Gasteiger partial charge in [-0.1, -0.05) is 29.8 Å². The van der Waals surface area contributed by atoms with Crippen LogP contribution in [0, 0.1) is 6.92 Å². The minimum Gasteiger partial charge on any atom is -0.396 e. The number of hydrogen-bond donors (Lipinski definition) is 1. The third kappa shape index (κ3) is 4.15. The van der Waals surface area contributed by atoms with Crippen LogP contribution in [0.3, 0.4) is 0 Å². The Bertz CT molecular complexity index is 589. The highest BCUT2D eigenvalue weighted by Crippen LogP contribution is 2.30. The highest BCUT2D eigenvalue weighted by molar-refractivity contribution is 7.13. The SMILES string of the molecule is Cc1ccc(-c2nc(CN(CCCCO)C3CC3)cs2)cc1. The second-order valence-corrected chi connectivity index (χ2v) is 7.00. The summed E-state index contributed by atoms with van der Waals surface area (Å²) >= 11 is 1.73. The summed E-state index contributed by atoms with van der Waals surface area (Å²) in [7, 11) is 0. The van der Waals surface area contributed by atoms with Gasteiger partial charge in [0.15, 0.2) is 0 Å². The Balaban J connectivity index is 1.63. The van der Waals surface area contributed by atoms with Crippen molar-refractivity contribution in [1.29, 1.82) is 0 Å². The molecule has 1 aliphatic carbocycles. The number of aliphatic hydroxyl groups is 1. The Morgan fingerprint density at radius 2 is 2.00 bits per heavy atom. The van der Waals surface area contributed by atoms with Crippen LogP contribution in [0.1, 0.15) is 36.9 Å². The van der Waals surface area contributed by atoms with E-state index >= 15 is 0 Å². The van der Waals surface area contributed by atoms with Crippen molar-refractivity contribution >= 4 is 11.3 Å². The molecule has 0 atom stereocenters. The van der Waals surface area contributed by atoms with Gasteiger partial charge in [-0.25, -0.2) is 4.98 Å². The summed E-state index contributed by atoms with van der Waals surface area (Å²) in [6.45, 7) is 4.42. The van der Waals surface area contributed by atoms with Crippen molar-refractivity contribution < 1.29 is 5.11 Å². The van der Waals surface area contributed by atoms with Crippen molar-refractivity contribution in [2.24, 2.45) is 0 Å². The summed E-state index contributed by atoms with van der Waals surface area (Å²) in [6.07, 6.45) is 4.60. The number of rotatable bonds is 8. The highest BCUT2D eigenvalue weighted by atomic mass is 32.1. The Morgan fingerprint density at radius 1 is 1.23 bits per heavy atom. The third-order valence-corrected chi connectivity index (χ3v) is 5.07. The Morgan fingerprint density at radius 3 is 2.68 bits per heavy atom. The maximum absolute atomic E-state index is 8.94. The first-order valence-electron chi connectivity index (χ1n) is 8.12. The predicted octanol–water partition coefficient (Wildman–Crippen LogP) is 3.86. The molecule has 0 saturated heterocycles. The van der Waals surface area contributed by atoms with E-state index in [1.807, 2.05) is 0 Å². The molecule has 0 radical (unpaired) electrons. The molecule has 0 amide bonds. The van der Waals surface area contributed by atoms with Gasteiger partial charge in [0, 0.05) is 30.1 Å². The van der Waals surface area contributed by atoms with E-state index in [1.165, 1.54) is 29.7 Å². The highest BCUT2D eigenvalue weighted by Gasteiger charge is 2.28. The number of aliphatic hydroxyl groups excluding tert-OH is 1. The fourth-order valence-corrected chi connectivity index (χ4v) is 3.49. The van der Waals surface area contributed by atoms with E-state index in [0.717, 1.165) is 37.0 Å². The van der Waals surface area contributed by atoms with Gasteiger partial charge in [0.1, 0.15) is 5.01 Å². The monoisotopic (exact) mass is 316 g/mol. The number of thiazole rings is 1. The lowest BCUT2D eigenvalue weighted by atomic mass is 10.2. The first-order valence-corrected chi connectivity index (χ1v) is 9.00. The number of unbranched alkanes of at least 4 members (excludes halogenated alkanes) is 1. The first-order chi connectivity index (χ1) is 10.8. The van der Waals surface area contributed by atoms with E-state index < -0.39 is 0 Å². The molecule has 1 aromatic heterocycles. The van der Waals surface area contributed by atoms with E-state index in [1.54, 1.807) is 11.3 Å². The zero-order valence-electron chi connectivity index (χ0n) is 13.2. The maximum atomic E-state index is 8.94. The van der Waals surface area contributed by atoms with Crippen molar-refractivity contribution in [2.75, 3.05) is 13.2 Å². The van der Waals surface area contributed by atoms with Crippen molar-refractivity contribution in [3.63, 3.8) is 0 Å². The maximum Gasteiger partial charge on any atom is 0.123 e. The van der Waals surface area contributed by atoms with E-state index in [2.05, 4.69) is 41.5 Å². The van der Waals surface area contributed by atoms with Gasteiger partial charge in [-0.2, -0.15) is 0 Å². The average Bonchev–Trinajstić information content (AvgIpc) is 3.27. The van der Waals surface area contributed by atoms with Gasteiger partial charge in [-0.05, 0) is 39.2 Å². The quantitative estimate of drug-likeness (QED) is 0.751. The summed E-state index contributed by atoms with van der Waals surface area (Å²) in [5.41, 5.74) is 3.67. The van der Waals surface area contributed by atoms with Crippen molar-refractivity contribution in [3.8, 4) is 10.6 Å². The zero-order valence-corrected chi connectivity index (χ0v) is 14.0. The van der Waals surface area contributed by atoms with Gasteiger partial charge in [0.25, 0.3) is 0 Å². The smallest absolute Gasteiger partial charge is 0.123 e. The molecule has 1 N–H and O–H groups in total. The lowest BCUT2D eigenvalue weighted by Crippen LogP contribution is -2.27. The van der Waals surface area contributed by atoms with Gasteiger partial charge in [0.2, 0.25) is 0 Å². The summed E-state index contributed by atoms with van der Waals surface area (Å²) in [5, 5.41) is 12.2. The molecule has 1 fully saturated rings. The van der Waals surface area contributed by atoms with Crippen LogP contribution in [0.15, 0.2) is 29.6 Å². The fourth-order valence-electron chi connectivity index (χ4n) is 2.67. The van der Waals surface area contributed by atoms with Gasteiger partial charge in [-0.15, -0.1) is 11.3 Å². The molecule has 2 aromatic rings. The summed E-state index contributed by atoms with van der Waals surface area (Å²) in [6, 6.07) is 9.32. The first kappa shape index (κ1) is 15.7. The molecule has 0 aliphatic heterocycles. The number of benzene rings is 1. The molecule has 0 unspecified atom stereocenters. The topological polar surface area (TPSA) is 36.4 Å². The number of hydrogen-bond acceptors (Lipinski definition) is 4. The van der Waals surface area contributed by atoms with E-state index in [-0.39, 0.29) is 0 Å². The van der Waals surface area contributed by atoms with Crippen molar-refractivity contribution in [1.82, 2.24) is 9.88 Å². The van der Waals surface area contributed by atoms with E-state index in [9.17, 15) is 0 Å². The van der Waals surface area contributed by atoms with Crippen LogP contribution in [0.2, 0.25) is 0 Å². The molecule has 22 heavy (non-hydrogen) atoms. The second-order valence-electron chi connectivity index (χ2n) is 6.14. The fraction of sp³-hybridized carbons (Fsp3) is 0.500. The van der Waals surface area contributed by atoms with Gasteiger partial charge < -0.3 is 5.11 Å². The average molecular weight is 316 g/mol. The molecular formula is C18H24N2OS. The zero-order chi connectivity index (χ0) is 15.4. The molecule has 1 saturated carbocycles. The molecule has 118 valence electrons. The molecule has 1 heterocycles. The lowest BCUT2D eigenvalue weighted by molar-refractivity contribution is 0.227. The molecule has 4 heteroatoms. The molecule has 0 bridgehead atoms. The molecule has 3 nitrogen and oxygen atoms in total. The summed E-state index contributed by atoms with van der Waals surface area (Å²) in [4.78, 5) is 7.35.